The van der Waals surface area contributed by atoms with Gasteiger partial charge in [-0.3, -0.25) is 9.59 Å². The van der Waals surface area contributed by atoms with Crippen molar-refractivity contribution in [2.45, 2.75) is 26.7 Å². The monoisotopic (exact) mass is 245 g/mol. The van der Waals surface area contributed by atoms with Crippen LogP contribution in [0.25, 0.3) is 10.9 Å². The first-order chi connectivity index (χ1) is 8.56. The van der Waals surface area contributed by atoms with E-state index in [4.69, 9.17) is 0 Å². The van der Waals surface area contributed by atoms with Crippen molar-refractivity contribution in [1.82, 2.24) is 4.98 Å². The topological polar surface area (TPSA) is 70.2 Å². The second kappa shape index (κ2) is 4.64. The lowest BCUT2D eigenvalue weighted by atomic mass is 9.98. The molecule has 0 aliphatic heterocycles. The molecule has 0 saturated heterocycles. The number of phenolic OH excluding ortho intramolecular Hbond substituents is 1. The molecule has 0 unspecified atom stereocenters. The molecule has 2 N–H and O–H groups in total. The second-order valence-electron chi connectivity index (χ2n) is 4.32. The summed E-state index contributed by atoms with van der Waals surface area (Å²) in [5, 5.41) is 10.6. The van der Waals surface area contributed by atoms with Crippen molar-refractivity contribution in [3.05, 3.63) is 39.7 Å². The minimum atomic E-state index is -0.241. The predicted octanol–water partition coefficient (Wildman–Crippen LogP) is 2.39. The molecule has 2 rings (SSSR count). The van der Waals surface area contributed by atoms with E-state index in [2.05, 4.69) is 4.98 Å². The molecule has 94 valence electrons. The van der Waals surface area contributed by atoms with Crippen LogP contribution in [-0.2, 0) is 6.42 Å². The van der Waals surface area contributed by atoms with Crippen LogP contribution in [0, 0.1) is 0 Å². The molecule has 1 heterocycles. The lowest BCUT2D eigenvalue weighted by Gasteiger charge is -2.11. The molecule has 18 heavy (non-hydrogen) atoms. The van der Waals surface area contributed by atoms with Gasteiger partial charge in [-0.15, -0.1) is 0 Å². The normalized spacial score (nSPS) is 10.8. The maximum Gasteiger partial charge on any atom is 0.189 e. The van der Waals surface area contributed by atoms with Crippen LogP contribution in [0.3, 0.4) is 0 Å². The number of aromatic nitrogens is 1. The smallest absolute Gasteiger partial charge is 0.189 e. The molecule has 0 amide bonds. The van der Waals surface area contributed by atoms with E-state index in [1.54, 1.807) is 6.20 Å². The third kappa shape index (κ3) is 1.90. The number of aromatic amines is 1. The predicted molar refractivity (Wildman–Crippen MR) is 70.2 cm³/mol. The molecule has 0 aliphatic rings. The Morgan fingerprint density at radius 1 is 1.44 bits per heavy atom. The van der Waals surface area contributed by atoms with Gasteiger partial charge in [0.25, 0.3) is 0 Å². The maximum atomic E-state index is 11.8. The number of rotatable bonds is 3. The van der Waals surface area contributed by atoms with E-state index in [0.29, 0.717) is 22.9 Å². The first kappa shape index (κ1) is 12.4. The minimum absolute atomic E-state index is 0.0151. The van der Waals surface area contributed by atoms with Gasteiger partial charge in [0.1, 0.15) is 5.75 Å². The van der Waals surface area contributed by atoms with Gasteiger partial charge in [-0.05, 0) is 19.4 Å². The number of nitrogens with one attached hydrogen (secondary N) is 1. The Hall–Kier alpha value is -2.10. The Balaban J connectivity index is 2.92. The molecule has 1 aromatic carbocycles. The number of fused-ring (bicyclic) bond motifs is 1. The van der Waals surface area contributed by atoms with E-state index >= 15 is 0 Å². The van der Waals surface area contributed by atoms with Crippen molar-refractivity contribution >= 4 is 16.7 Å². The van der Waals surface area contributed by atoms with Crippen LogP contribution in [0.15, 0.2) is 23.1 Å². The Morgan fingerprint density at radius 3 is 2.78 bits per heavy atom. The van der Waals surface area contributed by atoms with Crippen molar-refractivity contribution in [1.29, 1.82) is 0 Å². The summed E-state index contributed by atoms with van der Waals surface area (Å²) in [5.74, 6) is -0.256. The minimum Gasteiger partial charge on any atom is -0.507 e. The molecule has 0 radical (unpaired) electrons. The Morgan fingerprint density at radius 2 is 2.17 bits per heavy atom. The number of hydrogen-bond acceptors (Lipinski definition) is 3. The van der Waals surface area contributed by atoms with Crippen LogP contribution in [0.2, 0.25) is 0 Å². The quantitative estimate of drug-likeness (QED) is 0.816. The SMILES string of the molecule is CCCc1c(O)c(C(C)=O)cc2c(=O)cc[nH]c12. The van der Waals surface area contributed by atoms with Crippen LogP contribution >= 0.6 is 0 Å². The second-order valence-corrected chi connectivity index (χ2v) is 4.32. The van der Waals surface area contributed by atoms with Crippen molar-refractivity contribution < 1.29 is 9.90 Å². The standard InChI is InChI=1S/C14H15NO3/c1-3-4-9-13-11(12(17)5-6-15-13)7-10(8(2)16)14(9)18/h5-7,18H,3-4H2,1-2H3,(H,15,17). The first-order valence-electron chi connectivity index (χ1n) is 5.93. The maximum absolute atomic E-state index is 11.8. The lowest BCUT2D eigenvalue weighted by Crippen LogP contribution is -2.06. The summed E-state index contributed by atoms with van der Waals surface area (Å²) in [7, 11) is 0. The number of carbonyl (C=O) groups excluding carboxylic acids is 1. The molecular weight excluding hydrogens is 230 g/mol. The molecule has 4 heteroatoms. The summed E-state index contributed by atoms with van der Waals surface area (Å²) in [5.41, 5.74) is 1.32. The molecule has 0 bridgehead atoms. The van der Waals surface area contributed by atoms with Gasteiger partial charge in [0, 0.05) is 23.2 Å². The third-order valence-corrected chi connectivity index (χ3v) is 3.01. The number of aromatic hydroxyl groups is 1. The summed E-state index contributed by atoms with van der Waals surface area (Å²) in [6.45, 7) is 3.36. The lowest BCUT2D eigenvalue weighted by molar-refractivity contribution is 0.101. The number of pyridine rings is 1. The van der Waals surface area contributed by atoms with E-state index in [0.717, 1.165) is 6.42 Å². The van der Waals surface area contributed by atoms with Gasteiger partial charge in [0.15, 0.2) is 11.2 Å². The van der Waals surface area contributed by atoms with E-state index < -0.39 is 0 Å². The highest BCUT2D eigenvalue weighted by atomic mass is 16.3. The van der Waals surface area contributed by atoms with Crippen molar-refractivity contribution in [3.63, 3.8) is 0 Å². The highest BCUT2D eigenvalue weighted by Gasteiger charge is 2.16. The molecular formula is C14H15NO3. The molecule has 0 spiro atoms. The largest absolute Gasteiger partial charge is 0.507 e. The van der Waals surface area contributed by atoms with Crippen molar-refractivity contribution in [2.24, 2.45) is 0 Å². The highest BCUT2D eigenvalue weighted by molar-refractivity contribution is 6.02. The zero-order valence-electron chi connectivity index (χ0n) is 10.4. The average molecular weight is 245 g/mol. The summed E-state index contributed by atoms with van der Waals surface area (Å²) in [6, 6.07) is 2.88. The number of ketones is 1. The molecule has 1 aromatic heterocycles. The fourth-order valence-corrected chi connectivity index (χ4v) is 2.14. The summed E-state index contributed by atoms with van der Waals surface area (Å²) in [4.78, 5) is 26.3. The summed E-state index contributed by atoms with van der Waals surface area (Å²) >= 11 is 0. The van der Waals surface area contributed by atoms with Gasteiger partial charge in [-0.2, -0.15) is 0 Å². The fourth-order valence-electron chi connectivity index (χ4n) is 2.14. The van der Waals surface area contributed by atoms with Crippen LogP contribution in [0.4, 0.5) is 0 Å². The first-order valence-corrected chi connectivity index (χ1v) is 5.93. The summed E-state index contributed by atoms with van der Waals surface area (Å²) in [6.07, 6.45) is 2.99. The Labute approximate surface area is 104 Å². The molecule has 0 atom stereocenters. The van der Waals surface area contributed by atoms with Gasteiger partial charge >= 0.3 is 0 Å². The van der Waals surface area contributed by atoms with Gasteiger partial charge in [0.2, 0.25) is 0 Å². The molecule has 4 nitrogen and oxygen atoms in total. The van der Waals surface area contributed by atoms with Crippen LogP contribution in [0.5, 0.6) is 5.75 Å². The summed E-state index contributed by atoms with van der Waals surface area (Å²) < 4.78 is 0. The fraction of sp³-hybridized carbons (Fsp3) is 0.286. The van der Waals surface area contributed by atoms with Crippen LogP contribution in [0.1, 0.15) is 36.2 Å². The molecule has 0 saturated carbocycles. The van der Waals surface area contributed by atoms with Crippen molar-refractivity contribution in [3.8, 4) is 5.75 Å². The zero-order valence-corrected chi connectivity index (χ0v) is 10.4. The number of phenols is 1. The number of benzene rings is 1. The van der Waals surface area contributed by atoms with Gasteiger partial charge in [-0.1, -0.05) is 13.3 Å². The van der Waals surface area contributed by atoms with E-state index in [1.807, 2.05) is 6.92 Å². The van der Waals surface area contributed by atoms with Gasteiger partial charge in [0.05, 0.1) is 11.1 Å². The number of H-pyrrole nitrogens is 1. The van der Waals surface area contributed by atoms with E-state index in [9.17, 15) is 14.7 Å². The third-order valence-electron chi connectivity index (χ3n) is 3.01. The molecule has 0 fully saturated rings. The van der Waals surface area contributed by atoms with E-state index in [-0.39, 0.29) is 22.5 Å². The highest BCUT2D eigenvalue weighted by Crippen LogP contribution is 2.30. The zero-order chi connectivity index (χ0) is 13.3. The number of carbonyl (C=O) groups is 1. The molecule has 2 aromatic rings. The van der Waals surface area contributed by atoms with Crippen LogP contribution in [-0.4, -0.2) is 15.9 Å². The molecule has 0 aliphatic carbocycles. The number of aryl methyl sites for hydroxylation is 1. The Bertz CT molecular complexity index is 671. The van der Waals surface area contributed by atoms with Gasteiger partial charge in [-0.25, -0.2) is 0 Å². The average Bonchev–Trinajstić information content (AvgIpc) is 2.32. The van der Waals surface area contributed by atoms with Crippen LogP contribution < -0.4 is 5.43 Å². The van der Waals surface area contributed by atoms with E-state index in [1.165, 1.54) is 19.1 Å². The number of hydrogen-bond donors (Lipinski definition) is 2. The number of Topliss-reactive ketones (excluding diaryl/α,β-unsaturated/α-hetero) is 1. The van der Waals surface area contributed by atoms with Gasteiger partial charge < -0.3 is 10.1 Å². The van der Waals surface area contributed by atoms with Crippen molar-refractivity contribution in [2.75, 3.05) is 0 Å². The Kier molecular flexibility index (Phi) is 3.19.